The lowest BCUT2D eigenvalue weighted by molar-refractivity contribution is 0.102. The van der Waals surface area contributed by atoms with Gasteiger partial charge in [0.2, 0.25) is 0 Å². The molecular weight excluding hydrogens is 413 g/mol. The van der Waals surface area contributed by atoms with Gasteiger partial charge in [0, 0.05) is 39.6 Å². The third kappa shape index (κ3) is 4.07. The Morgan fingerprint density at radius 1 is 0.929 bits per heavy atom. The number of nitrogens with one attached hydrogen (secondary N) is 1. The molecule has 2 aromatic heterocycles. The predicted octanol–water partition coefficient (Wildman–Crippen LogP) is 6.43. The van der Waals surface area contributed by atoms with Gasteiger partial charge in [-0.2, -0.15) is 0 Å². The number of carbonyl (C=O) groups is 1. The number of hydrogen-bond donors (Lipinski definition) is 1. The van der Waals surface area contributed by atoms with Crippen molar-refractivity contribution in [3.63, 3.8) is 0 Å². The molecule has 0 aliphatic heterocycles. The number of benzene rings is 2. The van der Waals surface area contributed by atoms with Crippen molar-refractivity contribution in [1.29, 1.82) is 0 Å². The summed E-state index contributed by atoms with van der Waals surface area (Å²) >= 11 is 13.5. The molecule has 4 rings (SSSR count). The van der Waals surface area contributed by atoms with Gasteiger partial charge < -0.3 is 5.32 Å². The highest BCUT2D eigenvalue weighted by Crippen LogP contribution is 2.29. The minimum atomic E-state index is -0.289. The molecule has 0 radical (unpaired) electrons. The van der Waals surface area contributed by atoms with Gasteiger partial charge in [0.25, 0.3) is 5.91 Å². The summed E-state index contributed by atoms with van der Waals surface area (Å²) in [6.45, 7) is 0. The highest BCUT2D eigenvalue weighted by atomic mass is 35.5. The summed E-state index contributed by atoms with van der Waals surface area (Å²) in [7, 11) is 0. The molecule has 2 heterocycles. The molecule has 4 aromatic rings. The fourth-order valence-corrected chi connectivity index (χ4v) is 3.96. The SMILES string of the molecule is O=C(Nc1ccc(-c2csc(-c3ccncc3)n2)cc1)c1ccc(Cl)cc1Cl. The maximum absolute atomic E-state index is 12.4. The number of pyridine rings is 1. The van der Waals surface area contributed by atoms with E-state index in [1.807, 2.05) is 41.8 Å². The molecule has 0 aliphatic rings. The lowest BCUT2D eigenvalue weighted by Gasteiger charge is -2.07. The molecule has 138 valence electrons. The number of nitrogens with zero attached hydrogens (tertiary/aromatic N) is 2. The average Bonchev–Trinajstić information content (AvgIpc) is 3.19. The van der Waals surface area contributed by atoms with E-state index in [0.29, 0.717) is 21.3 Å². The number of thiazole rings is 1. The van der Waals surface area contributed by atoms with Crippen molar-refractivity contribution in [2.45, 2.75) is 0 Å². The van der Waals surface area contributed by atoms with Gasteiger partial charge >= 0.3 is 0 Å². The van der Waals surface area contributed by atoms with Crippen molar-refractivity contribution < 1.29 is 4.79 Å². The number of aromatic nitrogens is 2. The lowest BCUT2D eigenvalue weighted by atomic mass is 10.1. The van der Waals surface area contributed by atoms with Gasteiger partial charge in [0.1, 0.15) is 5.01 Å². The Hall–Kier alpha value is -2.73. The second-order valence-corrected chi connectivity index (χ2v) is 7.63. The minimum absolute atomic E-state index is 0.289. The zero-order valence-electron chi connectivity index (χ0n) is 14.4. The number of hydrogen-bond acceptors (Lipinski definition) is 4. The van der Waals surface area contributed by atoms with Crippen molar-refractivity contribution in [3.05, 3.63) is 88.0 Å². The predicted molar refractivity (Wildman–Crippen MR) is 115 cm³/mol. The van der Waals surface area contributed by atoms with E-state index in [9.17, 15) is 4.79 Å². The van der Waals surface area contributed by atoms with E-state index in [1.165, 1.54) is 0 Å². The molecule has 0 fully saturated rings. The van der Waals surface area contributed by atoms with Crippen molar-refractivity contribution in [3.8, 4) is 21.8 Å². The molecule has 1 N–H and O–H groups in total. The summed E-state index contributed by atoms with van der Waals surface area (Å²) in [6, 6.07) is 16.2. The van der Waals surface area contributed by atoms with Crippen LogP contribution in [0.15, 0.2) is 72.4 Å². The zero-order valence-corrected chi connectivity index (χ0v) is 16.7. The first kappa shape index (κ1) is 18.6. The van der Waals surface area contributed by atoms with Gasteiger partial charge in [-0.25, -0.2) is 4.98 Å². The molecule has 0 saturated heterocycles. The first-order valence-electron chi connectivity index (χ1n) is 8.33. The molecule has 0 aliphatic carbocycles. The summed E-state index contributed by atoms with van der Waals surface area (Å²) in [4.78, 5) is 21.1. The number of rotatable bonds is 4. The van der Waals surface area contributed by atoms with E-state index in [-0.39, 0.29) is 5.91 Å². The molecule has 0 bridgehead atoms. The summed E-state index contributed by atoms with van der Waals surface area (Å²) in [5, 5.41) is 6.58. The van der Waals surface area contributed by atoms with Gasteiger partial charge in [0.05, 0.1) is 16.3 Å². The Morgan fingerprint density at radius 3 is 2.39 bits per heavy atom. The molecule has 0 spiro atoms. The molecule has 28 heavy (non-hydrogen) atoms. The molecule has 7 heteroatoms. The van der Waals surface area contributed by atoms with E-state index in [1.54, 1.807) is 41.9 Å². The topological polar surface area (TPSA) is 54.9 Å². The van der Waals surface area contributed by atoms with Crippen LogP contribution in [0.4, 0.5) is 5.69 Å². The molecule has 0 unspecified atom stereocenters. The highest BCUT2D eigenvalue weighted by molar-refractivity contribution is 7.13. The Kier molecular flexibility index (Phi) is 5.39. The normalized spacial score (nSPS) is 10.6. The summed E-state index contributed by atoms with van der Waals surface area (Å²) < 4.78 is 0. The van der Waals surface area contributed by atoms with Crippen molar-refractivity contribution in [1.82, 2.24) is 9.97 Å². The molecule has 0 atom stereocenters. The Labute approximate surface area is 175 Å². The molecular formula is C21H13Cl2N3OS. The van der Waals surface area contributed by atoms with E-state index in [2.05, 4.69) is 15.3 Å². The van der Waals surface area contributed by atoms with Crippen LogP contribution in [-0.4, -0.2) is 15.9 Å². The van der Waals surface area contributed by atoms with Gasteiger partial charge in [-0.15, -0.1) is 11.3 Å². The highest BCUT2D eigenvalue weighted by Gasteiger charge is 2.12. The van der Waals surface area contributed by atoms with Crippen molar-refractivity contribution >= 4 is 46.1 Å². The maximum atomic E-state index is 12.4. The Balaban J connectivity index is 1.50. The van der Waals surface area contributed by atoms with E-state index in [4.69, 9.17) is 23.2 Å². The largest absolute Gasteiger partial charge is 0.322 e. The van der Waals surface area contributed by atoms with Gasteiger partial charge in [-0.1, -0.05) is 35.3 Å². The van der Waals surface area contributed by atoms with Crippen molar-refractivity contribution in [2.75, 3.05) is 5.32 Å². The van der Waals surface area contributed by atoms with Gasteiger partial charge in [0.15, 0.2) is 0 Å². The average molecular weight is 426 g/mol. The fourth-order valence-electron chi connectivity index (χ4n) is 2.63. The van der Waals surface area contributed by atoms with E-state index < -0.39 is 0 Å². The summed E-state index contributed by atoms with van der Waals surface area (Å²) in [5.41, 5.74) is 3.94. The van der Waals surface area contributed by atoms with Crippen molar-refractivity contribution in [2.24, 2.45) is 0 Å². The van der Waals surface area contributed by atoms with Crippen LogP contribution >= 0.6 is 34.5 Å². The molecule has 1 amide bonds. The minimum Gasteiger partial charge on any atom is -0.322 e. The third-order valence-electron chi connectivity index (χ3n) is 4.05. The maximum Gasteiger partial charge on any atom is 0.257 e. The quantitative estimate of drug-likeness (QED) is 0.409. The van der Waals surface area contributed by atoms with Crippen LogP contribution in [0.2, 0.25) is 10.0 Å². The molecule has 4 nitrogen and oxygen atoms in total. The number of carbonyl (C=O) groups excluding carboxylic acids is 1. The van der Waals surface area contributed by atoms with Gasteiger partial charge in [-0.3, -0.25) is 9.78 Å². The fraction of sp³-hybridized carbons (Fsp3) is 0. The Morgan fingerprint density at radius 2 is 1.68 bits per heavy atom. The second-order valence-electron chi connectivity index (χ2n) is 5.93. The van der Waals surface area contributed by atoms with Crippen LogP contribution in [-0.2, 0) is 0 Å². The second kappa shape index (κ2) is 8.10. The first-order valence-corrected chi connectivity index (χ1v) is 9.96. The van der Waals surface area contributed by atoms with Crippen LogP contribution in [0.1, 0.15) is 10.4 Å². The first-order chi connectivity index (χ1) is 13.6. The summed E-state index contributed by atoms with van der Waals surface area (Å²) in [6.07, 6.45) is 3.50. The number of anilines is 1. The van der Waals surface area contributed by atoms with Crippen LogP contribution in [0.25, 0.3) is 21.8 Å². The standard InChI is InChI=1S/C21H13Cl2N3OS/c22-15-3-6-17(18(23)11-15)20(27)25-16-4-1-13(2-5-16)19-12-28-21(26-19)14-7-9-24-10-8-14/h1-12H,(H,25,27). The van der Waals surface area contributed by atoms with Crippen LogP contribution in [0, 0.1) is 0 Å². The monoisotopic (exact) mass is 425 g/mol. The molecule has 2 aromatic carbocycles. The smallest absolute Gasteiger partial charge is 0.257 e. The zero-order chi connectivity index (χ0) is 19.5. The Bertz CT molecular complexity index is 1130. The van der Waals surface area contributed by atoms with E-state index >= 15 is 0 Å². The van der Waals surface area contributed by atoms with Crippen LogP contribution < -0.4 is 5.32 Å². The van der Waals surface area contributed by atoms with Crippen LogP contribution in [0.3, 0.4) is 0 Å². The van der Waals surface area contributed by atoms with Gasteiger partial charge in [-0.05, 0) is 42.5 Å². The summed E-state index contributed by atoms with van der Waals surface area (Å²) in [5.74, 6) is -0.289. The number of halogens is 2. The van der Waals surface area contributed by atoms with E-state index in [0.717, 1.165) is 21.8 Å². The number of amides is 1. The molecule has 0 saturated carbocycles. The van der Waals surface area contributed by atoms with Crippen LogP contribution in [0.5, 0.6) is 0 Å². The lowest BCUT2D eigenvalue weighted by Crippen LogP contribution is -2.12. The third-order valence-corrected chi connectivity index (χ3v) is 5.48.